The van der Waals surface area contributed by atoms with Gasteiger partial charge in [-0.3, -0.25) is 10.1 Å². The molecule has 0 bridgehead atoms. The second kappa shape index (κ2) is 5.24. The average Bonchev–Trinajstić information content (AvgIpc) is 3.09. The Morgan fingerprint density at radius 1 is 1.56 bits per heavy atom. The van der Waals surface area contributed by atoms with Crippen LogP contribution in [-0.4, -0.2) is 22.5 Å². The smallest absolute Gasteiger partial charge is 0.274 e. The number of nitrogens with one attached hydrogen (secondary N) is 1. The van der Waals surface area contributed by atoms with E-state index in [4.69, 9.17) is 0 Å². The van der Waals surface area contributed by atoms with Gasteiger partial charge in [0.25, 0.3) is 5.69 Å². The number of thioether (sulfide) groups is 1. The van der Waals surface area contributed by atoms with Crippen LogP contribution in [-0.2, 0) is 6.54 Å². The summed E-state index contributed by atoms with van der Waals surface area (Å²) < 4.78 is 13.4. The van der Waals surface area contributed by atoms with Crippen molar-refractivity contribution in [1.82, 2.24) is 5.32 Å². The third-order valence-electron chi connectivity index (χ3n) is 3.24. The van der Waals surface area contributed by atoms with E-state index in [0.717, 1.165) is 12.6 Å². The molecule has 98 valence electrons. The minimum absolute atomic E-state index is 0.0297. The van der Waals surface area contributed by atoms with Crippen LogP contribution in [0.15, 0.2) is 18.2 Å². The number of rotatable bonds is 6. The molecule has 1 aromatic carbocycles. The number of nitro groups is 1. The van der Waals surface area contributed by atoms with E-state index in [1.54, 1.807) is 0 Å². The zero-order valence-corrected chi connectivity index (χ0v) is 10.9. The van der Waals surface area contributed by atoms with Crippen LogP contribution >= 0.6 is 11.8 Å². The van der Waals surface area contributed by atoms with Crippen LogP contribution in [0.2, 0.25) is 0 Å². The number of halogens is 1. The van der Waals surface area contributed by atoms with Crippen molar-refractivity contribution in [3.8, 4) is 0 Å². The fourth-order valence-electron chi connectivity index (χ4n) is 1.89. The van der Waals surface area contributed by atoms with Crippen molar-refractivity contribution in [1.29, 1.82) is 0 Å². The van der Waals surface area contributed by atoms with Crippen LogP contribution in [0, 0.1) is 15.9 Å². The predicted octanol–water partition coefficient (Wildman–Crippen LogP) is 2.72. The van der Waals surface area contributed by atoms with Crippen molar-refractivity contribution in [2.75, 3.05) is 12.8 Å². The zero-order chi connectivity index (χ0) is 13.2. The fraction of sp³-hybridized carbons (Fsp3) is 0.500. The van der Waals surface area contributed by atoms with Crippen molar-refractivity contribution in [2.24, 2.45) is 0 Å². The molecule has 0 aliphatic heterocycles. The molecule has 6 heteroatoms. The molecular formula is C12H15FN2O2S. The highest BCUT2D eigenvalue weighted by atomic mass is 32.2. The second-order valence-corrected chi connectivity index (χ2v) is 5.80. The van der Waals surface area contributed by atoms with Crippen LogP contribution in [0.25, 0.3) is 0 Å². The van der Waals surface area contributed by atoms with Gasteiger partial charge in [0.15, 0.2) is 0 Å². The number of nitrogens with zero attached hydrogens (tertiary/aromatic N) is 1. The highest BCUT2D eigenvalue weighted by molar-refractivity contribution is 8.00. The normalized spacial score (nSPS) is 16.6. The van der Waals surface area contributed by atoms with Crippen molar-refractivity contribution in [3.63, 3.8) is 0 Å². The molecule has 0 aromatic heterocycles. The van der Waals surface area contributed by atoms with Crippen LogP contribution in [0.3, 0.4) is 0 Å². The lowest BCUT2D eigenvalue weighted by Gasteiger charge is -2.13. The Bertz CT molecular complexity index is 463. The molecule has 0 atom stereocenters. The largest absolute Gasteiger partial charge is 0.311 e. The first kappa shape index (κ1) is 13.3. The Balaban J connectivity index is 1.99. The van der Waals surface area contributed by atoms with E-state index >= 15 is 0 Å². The van der Waals surface area contributed by atoms with E-state index in [-0.39, 0.29) is 5.69 Å². The molecule has 2 rings (SSSR count). The van der Waals surface area contributed by atoms with Gasteiger partial charge in [-0.2, -0.15) is 11.8 Å². The van der Waals surface area contributed by atoms with Crippen LogP contribution in [0.4, 0.5) is 10.1 Å². The van der Waals surface area contributed by atoms with Crippen LogP contribution in [0.5, 0.6) is 0 Å². The summed E-state index contributed by atoms with van der Waals surface area (Å²) in [5.74, 6) is -0.441. The number of nitro benzene ring substituents is 1. The number of hydrogen-bond donors (Lipinski definition) is 1. The van der Waals surface area contributed by atoms with Gasteiger partial charge >= 0.3 is 0 Å². The lowest BCUT2D eigenvalue weighted by molar-refractivity contribution is -0.385. The second-order valence-electron chi connectivity index (χ2n) is 4.52. The summed E-state index contributed by atoms with van der Waals surface area (Å²) >= 11 is 1.82. The van der Waals surface area contributed by atoms with Gasteiger partial charge < -0.3 is 5.32 Å². The summed E-state index contributed by atoms with van der Waals surface area (Å²) in [7, 11) is 0. The summed E-state index contributed by atoms with van der Waals surface area (Å²) in [6.45, 7) is 1.14. The van der Waals surface area contributed by atoms with Gasteiger partial charge in [-0.15, -0.1) is 0 Å². The number of benzene rings is 1. The molecule has 0 heterocycles. The van der Waals surface area contributed by atoms with Crippen LogP contribution in [0.1, 0.15) is 18.4 Å². The van der Waals surface area contributed by atoms with E-state index < -0.39 is 10.7 Å². The SMILES string of the molecule is CSC1(CNCc2cc(F)ccc2[N+](=O)[O-])CC1. The minimum Gasteiger partial charge on any atom is -0.311 e. The van der Waals surface area contributed by atoms with E-state index in [1.807, 2.05) is 11.8 Å². The van der Waals surface area contributed by atoms with E-state index in [0.29, 0.717) is 16.9 Å². The first-order valence-corrected chi connectivity index (χ1v) is 6.97. The molecule has 0 spiro atoms. The Morgan fingerprint density at radius 2 is 2.28 bits per heavy atom. The molecular weight excluding hydrogens is 255 g/mol. The Kier molecular flexibility index (Phi) is 3.87. The predicted molar refractivity (Wildman–Crippen MR) is 70.2 cm³/mol. The Hall–Kier alpha value is -1.14. The minimum atomic E-state index is -0.474. The molecule has 1 aromatic rings. The van der Waals surface area contributed by atoms with E-state index in [1.165, 1.54) is 25.0 Å². The van der Waals surface area contributed by atoms with Gasteiger partial charge in [0.1, 0.15) is 5.82 Å². The maximum Gasteiger partial charge on any atom is 0.274 e. The highest BCUT2D eigenvalue weighted by Gasteiger charge is 2.41. The summed E-state index contributed by atoms with van der Waals surface area (Å²) in [4.78, 5) is 10.3. The Morgan fingerprint density at radius 3 is 2.83 bits per heavy atom. The Labute approximate surface area is 109 Å². The molecule has 1 aliphatic rings. The maximum atomic E-state index is 13.1. The molecule has 0 radical (unpaired) electrons. The van der Waals surface area contributed by atoms with Crippen molar-refractivity contribution in [3.05, 3.63) is 39.7 Å². The summed E-state index contributed by atoms with van der Waals surface area (Å²) in [5, 5.41) is 14.0. The van der Waals surface area contributed by atoms with Gasteiger partial charge in [0.05, 0.1) is 4.92 Å². The first-order valence-electron chi connectivity index (χ1n) is 5.75. The lowest BCUT2D eigenvalue weighted by atomic mass is 10.1. The summed E-state index contributed by atoms with van der Waals surface area (Å²) in [6, 6.07) is 3.56. The first-order chi connectivity index (χ1) is 8.56. The highest BCUT2D eigenvalue weighted by Crippen LogP contribution is 2.46. The molecule has 0 saturated heterocycles. The monoisotopic (exact) mass is 270 g/mol. The third-order valence-corrected chi connectivity index (χ3v) is 4.66. The van der Waals surface area contributed by atoms with Crippen LogP contribution < -0.4 is 5.32 Å². The van der Waals surface area contributed by atoms with Gasteiger partial charge in [0.2, 0.25) is 0 Å². The molecule has 4 nitrogen and oxygen atoms in total. The van der Waals surface area contributed by atoms with Gasteiger partial charge in [0, 0.05) is 29.5 Å². The van der Waals surface area contributed by atoms with Crippen molar-refractivity contribution >= 4 is 17.4 Å². The lowest BCUT2D eigenvalue weighted by Crippen LogP contribution is -2.25. The fourth-order valence-corrected chi connectivity index (χ4v) is 2.65. The van der Waals surface area contributed by atoms with Gasteiger partial charge in [-0.1, -0.05) is 0 Å². The van der Waals surface area contributed by atoms with Crippen molar-refractivity contribution in [2.45, 2.75) is 24.1 Å². The standard InChI is InChI=1S/C12H15FN2O2S/c1-18-12(4-5-12)8-14-7-9-6-10(13)2-3-11(9)15(16)17/h2-3,6,14H,4-5,7-8H2,1H3. The van der Waals surface area contributed by atoms with E-state index in [2.05, 4.69) is 11.6 Å². The third kappa shape index (κ3) is 3.00. The van der Waals surface area contributed by atoms with Crippen molar-refractivity contribution < 1.29 is 9.31 Å². The molecule has 1 saturated carbocycles. The van der Waals surface area contributed by atoms with E-state index in [9.17, 15) is 14.5 Å². The zero-order valence-electron chi connectivity index (χ0n) is 10.1. The molecule has 1 N–H and O–H groups in total. The summed E-state index contributed by atoms with van der Waals surface area (Å²) in [5.41, 5.74) is 0.370. The van der Waals surface area contributed by atoms with Gasteiger partial charge in [-0.25, -0.2) is 4.39 Å². The summed E-state index contributed by atoms with van der Waals surface area (Å²) in [6.07, 6.45) is 4.41. The quantitative estimate of drug-likeness (QED) is 0.638. The maximum absolute atomic E-state index is 13.1. The topological polar surface area (TPSA) is 55.2 Å². The number of hydrogen-bond acceptors (Lipinski definition) is 4. The molecule has 1 fully saturated rings. The molecule has 0 unspecified atom stereocenters. The molecule has 18 heavy (non-hydrogen) atoms. The van der Waals surface area contributed by atoms with Gasteiger partial charge in [-0.05, 0) is 31.2 Å². The molecule has 0 amide bonds. The molecule has 1 aliphatic carbocycles. The average molecular weight is 270 g/mol.